The molecule has 0 heterocycles. The predicted octanol–water partition coefficient (Wildman–Crippen LogP) is 5.29. The van der Waals surface area contributed by atoms with E-state index in [9.17, 15) is 4.39 Å². The quantitative estimate of drug-likeness (QED) is 0.772. The number of aryl methyl sites for hydroxylation is 1. The van der Waals surface area contributed by atoms with Crippen molar-refractivity contribution in [2.75, 3.05) is 6.54 Å². The topological polar surface area (TPSA) is 12.0 Å². The van der Waals surface area contributed by atoms with Crippen LogP contribution in [0, 0.1) is 19.7 Å². The van der Waals surface area contributed by atoms with E-state index in [1.807, 2.05) is 25.1 Å². The van der Waals surface area contributed by atoms with Crippen LogP contribution in [0.4, 0.5) is 4.39 Å². The molecule has 0 aliphatic carbocycles. The second kappa shape index (κ2) is 7.19. The molecule has 0 radical (unpaired) electrons. The highest BCUT2D eigenvalue weighted by Crippen LogP contribution is 2.31. The molecule has 0 aliphatic rings. The van der Waals surface area contributed by atoms with Crippen LogP contribution in [0.1, 0.15) is 41.6 Å². The summed E-state index contributed by atoms with van der Waals surface area (Å²) in [6.45, 7) is 7.15. The highest BCUT2D eigenvalue weighted by atomic mass is 79.9. The summed E-state index contributed by atoms with van der Waals surface area (Å²) in [5.74, 6) is -0.188. The predicted molar refractivity (Wildman–Crippen MR) is 90.2 cm³/mol. The highest BCUT2D eigenvalue weighted by molar-refractivity contribution is 9.10. The Bertz CT molecular complexity index is 623. The Morgan fingerprint density at radius 2 is 1.90 bits per heavy atom. The van der Waals surface area contributed by atoms with Crippen LogP contribution in [0.5, 0.6) is 0 Å². The van der Waals surface area contributed by atoms with Crippen molar-refractivity contribution in [3.05, 3.63) is 68.9 Å². The van der Waals surface area contributed by atoms with Gasteiger partial charge in [-0.3, -0.25) is 0 Å². The first-order valence-electron chi connectivity index (χ1n) is 7.29. The van der Waals surface area contributed by atoms with Gasteiger partial charge in [0.15, 0.2) is 0 Å². The van der Waals surface area contributed by atoms with Crippen LogP contribution in [-0.2, 0) is 0 Å². The Labute approximate surface area is 134 Å². The smallest absolute Gasteiger partial charge is 0.123 e. The molecule has 21 heavy (non-hydrogen) atoms. The van der Waals surface area contributed by atoms with Crippen LogP contribution in [0.2, 0.25) is 0 Å². The van der Waals surface area contributed by atoms with Crippen LogP contribution < -0.4 is 5.32 Å². The van der Waals surface area contributed by atoms with Gasteiger partial charge in [0.05, 0.1) is 6.04 Å². The van der Waals surface area contributed by atoms with Crippen LogP contribution in [0.25, 0.3) is 0 Å². The van der Waals surface area contributed by atoms with E-state index >= 15 is 0 Å². The van der Waals surface area contributed by atoms with E-state index in [2.05, 4.69) is 41.2 Å². The maximum absolute atomic E-state index is 13.7. The largest absolute Gasteiger partial charge is 0.306 e. The van der Waals surface area contributed by atoms with E-state index in [-0.39, 0.29) is 11.9 Å². The standard InChI is InChI=1S/C18H21BrFN/c1-4-10-21-18(15-6-5-7-17(19)13(15)3)16-11-14(20)9-8-12(16)2/h5-9,11,18,21H,4,10H2,1-3H3. The van der Waals surface area contributed by atoms with Crippen molar-refractivity contribution in [2.24, 2.45) is 0 Å². The Kier molecular flexibility index (Phi) is 5.54. The molecule has 0 fully saturated rings. The first-order chi connectivity index (χ1) is 10.0. The SMILES string of the molecule is CCCNC(c1cc(F)ccc1C)c1cccc(Br)c1C. The second-order valence-electron chi connectivity index (χ2n) is 5.34. The summed E-state index contributed by atoms with van der Waals surface area (Å²) in [6.07, 6.45) is 1.04. The molecule has 1 nitrogen and oxygen atoms in total. The maximum atomic E-state index is 13.7. The van der Waals surface area contributed by atoms with Gasteiger partial charge in [-0.1, -0.05) is 41.1 Å². The van der Waals surface area contributed by atoms with Crippen LogP contribution in [0.15, 0.2) is 40.9 Å². The molecule has 112 valence electrons. The van der Waals surface area contributed by atoms with Crippen LogP contribution in [0.3, 0.4) is 0 Å². The average Bonchev–Trinajstić information content (AvgIpc) is 2.47. The number of rotatable bonds is 5. The minimum absolute atomic E-state index is 0.0122. The Balaban J connectivity index is 2.52. The van der Waals surface area contributed by atoms with Gasteiger partial charge in [-0.05, 0) is 67.3 Å². The van der Waals surface area contributed by atoms with Gasteiger partial charge in [0.1, 0.15) is 5.82 Å². The third kappa shape index (κ3) is 3.72. The number of hydrogen-bond acceptors (Lipinski definition) is 1. The minimum atomic E-state index is -0.188. The fourth-order valence-corrected chi connectivity index (χ4v) is 2.92. The van der Waals surface area contributed by atoms with Gasteiger partial charge in [-0.2, -0.15) is 0 Å². The number of benzene rings is 2. The van der Waals surface area contributed by atoms with Crippen molar-refractivity contribution in [3.63, 3.8) is 0 Å². The van der Waals surface area contributed by atoms with Crippen molar-refractivity contribution in [1.29, 1.82) is 0 Å². The van der Waals surface area contributed by atoms with E-state index in [4.69, 9.17) is 0 Å². The molecule has 0 aromatic heterocycles. The molecular weight excluding hydrogens is 329 g/mol. The minimum Gasteiger partial charge on any atom is -0.306 e. The zero-order chi connectivity index (χ0) is 15.4. The lowest BCUT2D eigenvalue weighted by Gasteiger charge is -2.24. The van der Waals surface area contributed by atoms with E-state index in [1.54, 1.807) is 6.07 Å². The maximum Gasteiger partial charge on any atom is 0.123 e. The van der Waals surface area contributed by atoms with Gasteiger partial charge in [0, 0.05) is 4.47 Å². The molecule has 2 rings (SSSR count). The number of hydrogen-bond donors (Lipinski definition) is 1. The molecule has 0 saturated carbocycles. The molecule has 1 unspecified atom stereocenters. The van der Waals surface area contributed by atoms with E-state index in [0.29, 0.717) is 0 Å². The molecule has 3 heteroatoms. The number of nitrogens with one attached hydrogen (secondary N) is 1. The van der Waals surface area contributed by atoms with Gasteiger partial charge >= 0.3 is 0 Å². The second-order valence-corrected chi connectivity index (χ2v) is 6.20. The zero-order valence-corrected chi connectivity index (χ0v) is 14.3. The third-order valence-corrected chi connectivity index (χ3v) is 4.63. The van der Waals surface area contributed by atoms with Crippen molar-refractivity contribution in [2.45, 2.75) is 33.2 Å². The molecule has 0 amide bonds. The summed E-state index contributed by atoms with van der Waals surface area (Å²) < 4.78 is 14.8. The summed E-state index contributed by atoms with van der Waals surface area (Å²) in [5, 5.41) is 3.55. The summed E-state index contributed by atoms with van der Waals surface area (Å²) in [5.41, 5.74) is 4.48. The molecule has 1 atom stereocenters. The number of halogens is 2. The summed E-state index contributed by atoms with van der Waals surface area (Å²) in [7, 11) is 0. The Morgan fingerprint density at radius 1 is 1.14 bits per heavy atom. The lowest BCUT2D eigenvalue weighted by atomic mass is 9.92. The van der Waals surface area contributed by atoms with E-state index in [0.717, 1.165) is 28.6 Å². The zero-order valence-electron chi connectivity index (χ0n) is 12.7. The molecule has 0 bridgehead atoms. The monoisotopic (exact) mass is 349 g/mol. The molecule has 0 spiro atoms. The lowest BCUT2D eigenvalue weighted by molar-refractivity contribution is 0.581. The van der Waals surface area contributed by atoms with E-state index < -0.39 is 0 Å². The van der Waals surface area contributed by atoms with Gasteiger partial charge in [0.25, 0.3) is 0 Å². The van der Waals surface area contributed by atoms with Gasteiger partial charge in [0.2, 0.25) is 0 Å². The summed E-state index contributed by atoms with van der Waals surface area (Å²) in [4.78, 5) is 0. The molecular formula is C18H21BrFN. The van der Waals surface area contributed by atoms with Crippen molar-refractivity contribution in [1.82, 2.24) is 5.32 Å². The van der Waals surface area contributed by atoms with Crippen molar-refractivity contribution in [3.8, 4) is 0 Å². The van der Waals surface area contributed by atoms with Crippen molar-refractivity contribution >= 4 is 15.9 Å². The van der Waals surface area contributed by atoms with Crippen LogP contribution in [-0.4, -0.2) is 6.54 Å². The van der Waals surface area contributed by atoms with Crippen molar-refractivity contribution < 1.29 is 4.39 Å². The molecule has 2 aromatic carbocycles. The fourth-order valence-electron chi connectivity index (χ4n) is 2.54. The normalized spacial score (nSPS) is 12.4. The summed E-state index contributed by atoms with van der Waals surface area (Å²) >= 11 is 3.59. The third-order valence-electron chi connectivity index (χ3n) is 3.77. The van der Waals surface area contributed by atoms with E-state index in [1.165, 1.54) is 17.2 Å². The highest BCUT2D eigenvalue weighted by Gasteiger charge is 2.18. The first-order valence-corrected chi connectivity index (χ1v) is 8.08. The van der Waals surface area contributed by atoms with Gasteiger partial charge in [-0.15, -0.1) is 0 Å². The molecule has 1 N–H and O–H groups in total. The lowest BCUT2D eigenvalue weighted by Crippen LogP contribution is -2.25. The molecule has 0 saturated heterocycles. The fraction of sp³-hybridized carbons (Fsp3) is 0.333. The molecule has 2 aromatic rings. The van der Waals surface area contributed by atoms with Gasteiger partial charge in [-0.25, -0.2) is 4.39 Å². The van der Waals surface area contributed by atoms with Gasteiger partial charge < -0.3 is 5.32 Å². The average molecular weight is 350 g/mol. The first kappa shape index (κ1) is 16.2. The Morgan fingerprint density at radius 3 is 2.62 bits per heavy atom. The Hall–Kier alpha value is -1.19. The molecule has 0 aliphatic heterocycles. The summed E-state index contributed by atoms with van der Waals surface area (Å²) in [6, 6.07) is 11.2. The van der Waals surface area contributed by atoms with Crippen LogP contribution >= 0.6 is 15.9 Å².